The first-order chi connectivity index (χ1) is 14.4. The Morgan fingerprint density at radius 2 is 1.93 bits per heavy atom. The largest absolute Gasteiger partial charge is 0.328 e. The van der Waals surface area contributed by atoms with Gasteiger partial charge in [0.05, 0.1) is 21.6 Å². The minimum atomic E-state index is -0.561. The van der Waals surface area contributed by atoms with E-state index >= 15 is 0 Å². The number of carbonyl (C=O) groups is 2. The van der Waals surface area contributed by atoms with Gasteiger partial charge in [-0.15, -0.1) is 0 Å². The van der Waals surface area contributed by atoms with E-state index < -0.39 is 11.2 Å². The zero-order chi connectivity index (χ0) is 21.3. The molecule has 30 heavy (non-hydrogen) atoms. The fourth-order valence-electron chi connectivity index (χ4n) is 3.61. The van der Waals surface area contributed by atoms with Crippen molar-refractivity contribution in [2.45, 2.75) is 25.8 Å². The Labute approximate surface area is 176 Å². The molecule has 2 aromatic carbocycles. The second kappa shape index (κ2) is 8.16. The van der Waals surface area contributed by atoms with Gasteiger partial charge in [-0.1, -0.05) is 23.7 Å². The van der Waals surface area contributed by atoms with E-state index in [0.717, 1.165) is 6.42 Å². The van der Waals surface area contributed by atoms with Gasteiger partial charge in [0.1, 0.15) is 0 Å². The van der Waals surface area contributed by atoms with Crippen LogP contribution in [0.1, 0.15) is 19.3 Å². The third-order valence-electron chi connectivity index (χ3n) is 5.06. The standard InChI is InChI=1S/C21H19ClN4O4/c22-15-12-13(7-8-17(15)25-10-3-6-19(25)28)23-18(27)9-11-26-16-5-2-1-4-14(16)20(29)24-21(26)30/h1-2,4-5,7-8,12H,3,6,9-11H2,(H,23,27)(H,24,29,30). The van der Waals surface area contributed by atoms with E-state index in [-0.39, 0.29) is 24.8 Å². The number of halogens is 1. The number of rotatable bonds is 5. The molecule has 9 heteroatoms. The van der Waals surface area contributed by atoms with Crippen molar-refractivity contribution in [1.82, 2.24) is 9.55 Å². The molecule has 0 spiro atoms. The van der Waals surface area contributed by atoms with Crippen LogP contribution in [0.5, 0.6) is 0 Å². The second-order valence-corrected chi connectivity index (χ2v) is 7.45. The minimum absolute atomic E-state index is 0.0277. The molecule has 0 saturated carbocycles. The molecule has 3 aromatic rings. The Balaban J connectivity index is 1.47. The number of aromatic amines is 1. The molecule has 1 aromatic heterocycles. The van der Waals surface area contributed by atoms with Crippen LogP contribution in [0.3, 0.4) is 0 Å². The molecule has 0 bridgehead atoms. The molecule has 1 aliphatic heterocycles. The Morgan fingerprint density at radius 3 is 2.67 bits per heavy atom. The summed E-state index contributed by atoms with van der Waals surface area (Å²) in [7, 11) is 0. The van der Waals surface area contributed by atoms with Crippen LogP contribution in [0.2, 0.25) is 5.02 Å². The Morgan fingerprint density at radius 1 is 1.13 bits per heavy atom. The average molecular weight is 427 g/mol. The van der Waals surface area contributed by atoms with Crippen LogP contribution < -0.4 is 21.5 Å². The van der Waals surface area contributed by atoms with Gasteiger partial charge in [0.25, 0.3) is 5.56 Å². The number of nitrogens with zero attached hydrogens (tertiary/aromatic N) is 2. The summed E-state index contributed by atoms with van der Waals surface area (Å²) in [5, 5.41) is 3.51. The van der Waals surface area contributed by atoms with E-state index in [4.69, 9.17) is 11.6 Å². The number of para-hydroxylation sites is 1. The molecule has 1 fully saturated rings. The van der Waals surface area contributed by atoms with Crippen LogP contribution in [0, 0.1) is 0 Å². The van der Waals surface area contributed by atoms with Crippen LogP contribution in [-0.2, 0) is 16.1 Å². The SMILES string of the molecule is O=C(CCn1c(=O)[nH]c(=O)c2ccccc21)Nc1ccc(N2CCCC2=O)c(Cl)c1. The Kier molecular flexibility index (Phi) is 5.41. The summed E-state index contributed by atoms with van der Waals surface area (Å²) in [6.07, 6.45) is 1.33. The molecular weight excluding hydrogens is 408 g/mol. The summed E-state index contributed by atoms with van der Waals surface area (Å²) < 4.78 is 1.37. The Bertz CT molecular complexity index is 1260. The monoisotopic (exact) mass is 426 g/mol. The van der Waals surface area contributed by atoms with Crippen molar-refractivity contribution in [3.63, 3.8) is 0 Å². The van der Waals surface area contributed by atoms with E-state index in [2.05, 4.69) is 10.3 Å². The first-order valence-electron chi connectivity index (χ1n) is 9.55. The number of H-pyrrole nitrogens is 1. The fourth-order valence-corrected chi connectivity index (χ4v) is 3.89. The van der Waals surface area contributed by atoms with Gasteiger partial charge in [0.15, 0.2) is 0 Å². The topological polar surface area (TPSA) is 104 Å². The van der Waals surface area contributed by atoms with Gasteiger partial charge in [-0.3, -0.25) is 23.9 Å². The number of amides is 2. The van der Waals surface area contributed by atoms with E-state index in [1.165, 1.54) is 4.57 Å². The maximum absolute atomic E-state index is 12.4. The smallest absolute Gasteiger partial charge is 0.326 e. The van der Waals surface area contributed by atoms with Crippen molar-refractivity contribution in [1.29, 1.82) is 0 Å². The number of hydrogen-bond acceptors (Lipinski definition) is 4. The van der Waals surface area contributed by atoms with Crippen LogP contribution in [0.25, 0.3) is 10.9 Å². The first-order valence-corrected chi connectivity index (χ1v) is 9.93. The van der Waals surface area contributed by atoms with Crippen LogP contribution in [0.4, 0.5) is 11.4 Å². The lowest BCUT2D eigenvalue weighted by molar-refractivity contribution is -0.117. The molecule has 0 aliphatic carbocycles. The van der Waals surface area contributed by atoms with E-state index in [9.17, 15) is 19.2 Å². The highest BCUT2D eigenvalue weighted by molar-refractivity contribution is 6.34. The number of aryl methyl sites for hydroxylation is 1. The lowest BCUT2D eigenvalue weighted by atomic mass is 10.2. The Hall–Kier alpha value is -3.39. The normalized spacial score (nSPS) is 13.8. The van der Waals surface area contributed by atoms with Gasteiger partial charge >= 0.3 is 5.69 Å². The molecule has 154 valence electrons. The quantitative estimate of drug-likeness (QED) is 0.654. The van der Waals surface area contributed by atoms with Crippen molar-refractivity contribution in [2.75, 3.05) is 16.8 Å². The number of benzene rings is 2. The fraction of sp³-hybridized carbons (Fsp3) is 0.238. The van der Waals surface area contributed by atoms with Gasteiger partial charge in [-0.25, -0.2) is 4.79 Å². The maximum Gasteiger partial charge on any atom is 0.328 e. The molecule has 2 heterocycles. The number of fused-ring (bicyclic) bond motifs is 1. The average Bonchev–Trinajstić information content (AvgIpc) is 3.13. The van der Waals surface area contributed by atoms with Gasteiger partial charge in [-0.2, -0.15) is 0 Å². The van der Waals surface area contributed by atoms with Crippen LogP contribution in [-0.4, -0.2) is 27.9 Å². The third kappa shape index (κ3) is 3.86. The summed E-state index contributed by atoms with van der Waals surface area (Å²) in [4.78, 5) is 52.3. The molecule has 0 atom stereocenters. The van der Waals surface area contributed by atoms with Gasteiger partial charge < -0.3 is 10.2 Å². The minimum Gasteiger partial charge on any atom is -0.326 e. The summed E-state index contributed by atoms with van der Waals surface area (Å²) in [6, 6.07) is 11.7. The number of anilines is 2. The van der Waals surface area contributed by atoms with Gasteiger partial charge in [-0.05, 0) is 36.8 Å². The van der Waals surface area contributed by atoms with E-state index in [1.807, 2.05) is 0 Å². The summed E-state index contributed by atoms with van der Waals surface area (Å²) in [6.45, 7) is 0.738. The summed E-state index contributed by atoms with van der Waals surface area (Å²) in [5.74, 6) is -0.273. The molecule has 2 amide bonds. The zero-order valence-electron chi connectivity index (χ0n) is 16.0. The molecule has 1 saturated heterocycles. The zero-order valence-corrected chi connectivity index (χ0v) is 16.7. The molecule has 2 N–H and O–H groups in total. The van der Waals surface area contributed by atoms with Crippen LogP contribution in [0.15, 0.2) is 52.1 Å². The molecule has 0 radical (unpaired) electrons. The van der Waals surface area contributed by atoms with Crippen LogP contribution >= 0.6 is 11.6 Å². The van der Waals surface area contributed by atoms with Crippen molar-refractivity contribution < 1.29 is 9.59 Å². The number of carbonyl (C=O) groups excluding carboxylic acids is 2. The molecule has 8 nitrogen and oxygen atoms in total. The van der Waals surface area contributed by atoms with Gasteiger partial charge in [0, 0.05) is 31.6 Å². The number of hydrogen-bond donors (Lipinski definition) is 2. The summed E-state index contributed by atoms with van der Waals surface area (Å²) >= 11 is 6.31. The lowest BCUT2D eigenvalue weighted by Gasteiger charge is -2.18. The highest BCUT2D eigenvalue weighted by atomic mass is 35.5. The highest BCUT2D eigenvalue weighted by Gasteiger charge is 2.23. The molecule has 1 aliphatic rings. The number of nitrogens with one attached hydrogen (secondary N) is 2. The highest BCUT2D eigenvalue weighted by Crippen LogP contribution is 2.31. The molecule has 0 unspecified atom stereocenters. The van der Waals surface area contributed by atoms with E-state index in [1.54, 1.807) is 47.4 Å². The van der Waals surface area contributed by atoms with Crippen molar-refractivity contribution >= 4 is 45.7 Å². The second-order valence-electron chi connectivity index (χ2n) is 7.04. The van der Waals surface area contributed by atoms with Crippen molar-refractivity contribution in [3.8, 4) is 0 Å². The molecular formula is C21H19ClN4O4. The van der Waals surface area contributed by atoms with Crippen molar-refractivity contribution in [3.05, 3.63) is 68.3 Å². The van der Waals surface area contributed by atoms with Crippen molar-refractivity contribution in [2.24, 2.45) is 0 Å². The number of aromatic nitrogens is 2. The van der Waals surface area contributed by atoms with Gasteiger partial charge in [0.2, 0.25) is 11.8 Å². The lowest BCUT2D eigenvalue weighted by Crippen LogP contribution is -2.31. The summed E-state index contributed by atoms with van der Waals surface area (Å²) in [5.41, 5.74) is 0.584. The third-order valence-corrected chi connectivity index (χ3v) is 5.37. The van der Waals surface area contributed by atoms with E-state index in [0.29, 0.717) is 40.3 Å². The first kappa shape index (κ1) is 19.9. The molecule has 4 rings (SSSR count). The maximum atomic E-state index is 12.4. The predicted molar refractivity (Wildman–Crippen MR) is 115 cm³/mol. The predicted octanol–water partition coefficient (Wildman–Crippen LogP) is 2.50.